The number of aromatic hydroxyl groups is 1. The Morgan fingerprint density at radius 3 is 2.80 bits per heavy atom. The number of fused-ring (bicyclic) bond motifs is 1. The number of phenols is 1. The Balaban J connectivity index is 1.94. The molecule has 0 fully saturated rings. The Kier molecular flexibility index (Phi) is 3.10. The molecule has 0 radical (unpaired) electrons. The first-order valence-electron chi connectivity index (χ1n) is 6.56. The van der Waals surface area contributed by atoms with Gasteiger partial charge in [-0.2, -0.15) is 0 Å². The van der Waals surface area contributed by atoms with E-state index in [1.807, 2.05) is 25.1 Å². The lowest BCUT2D eigenvalue weighted by atomic mass is 9.92. The van der Waals surface area contributed by atoms with E-state index >= 15 is 0 Å². The molecule has 2 aromatic carbocycles. The van der Waals surface area contributed by atoms with Gasteiger partial charge in [-0.25, -0.2) is 4.39 Å². The molecular formula is C16H16FNO2. The Bertz CT molecular complexity index is 657. The van der Waals surface area contributed by atoms with Crippen LogP contribution in [-0.2, 0) is 0 Å². The summed E-state index contributed by atoms with van der Waals surface area (Å²) in [6.45, 7) is 2.01. The molecule has 4 heteroatoms. The van der Waals surface area contributed by atoms with E-state index in [4.69, 9.17) is 10.5 Å². The SMILES string of the molecule is Cc1ccc2c(c1)[C@@H](N)CC(c1ccc(O)c(F)c1)O2. The molecule has 0 spiro atoms. The molecule has 3 N–H and O–H groups in total. The molecule has 0 saturated heterocycles. The first kappa shape index (κ1) is 12.9. The summed E-state index contributed by atoms with van der Waals surface area (Å²) in [7, 11) is 0. The minimum absolute atomic E-state index is 0.138. The second-order valence-corrected chi connectivity index (χ2v) is 5.20. The molecule has 2 aromatic rings. The molecule has 0 bridgehead atoms. The predicted molar refractivity (Wildman–Crippen MR) is 74.2 cm³/mol. The van der Waals surface area contributed by atoms with E-state index in [-0.39, 0.29) is 17.9 Å². The maximum atomic E-state index is 13.4. The van der Waals surface area contributed by atoms with Crippen LogP contribution in [0.15, 0.2) is 36.4 Å². The number of benzene rings is 2. The monoisotopic (exact) mass is 273 g/mol. The third kappa shape index (κ3) is 2.23. The van der Waals surface area contributed by atoms with Gasteiger partial charge in [0.1, 0.15) is 11.9 Å². The molecular weight excluding hydrogens is 257 g/mol. The highest BCUT2D eigenvalue weighted by Crippen LogP contribution is 2.40. The van der Waals surface area contributed by atoms with Crippen molar-refractivity contribution in [2.45, 2.75) is 25.5 Å². The Hall–Kier alpha value is -2.07. The van der Waals surface area contributed by atoms with Crippen molar-refractivity contribution in [3.8, 4) is 11.5 Å². The number of hydrogen-bond acceptors (Lipinski definition) is 3. The van der Waals surface area contributed by atoms with Gasteiger partial charge in [0.25, 0.3) is 0 Å². The molecule has 1 unspecified atom stereocenters. The maximum Gasteiger partial charge on any atom is 0.165 e. The molecule has 20 heavy (non-hydrogen) atoms. The third-order valence-electron chi connectivity index (χ3n) is 3.65. The lowest BCUT2D eigenvalue weighted by Gasteiger charge is -2.31. The third-order valence-corrected chi connectivity index (χ3v) is 3.65. The number of phenolic OH excluding ortho intramolecular Hbond substituents is 1. The summed E-state index contributed by atoms with van der Waals surface area (Å²) in [5.41, 5.74) is 8.99. The molecule has 1 aliphatic heterocycles. The standard InChI is InChI=1S/C16H16FNO2/c1-9-2-5-15-11(6-9)13(18)8-16(20-15)10-3-4-14(19)12(17)7-10/h2-7,13,16,19H,8,18H2,1H3/t13-,16?/m0/s1. The van der Waals surface area contributed by atoms with Crippen LogP contribution in [0.4, 0.5) is 4.39 Å². The van der Waals surface area contributed by atoms with Gasteiger partial charge in [0.2, 0.25) is 0 Å². The number of aryl methyl sites for hydroxylation is 1. The molecule has 0 saturated carbocycles. The van der Waals surface area contributed by atoms with E-state index < -0.39 is 5.82 Å². The molecule has 0 aromatic heterocycles. The average Bonchev–Trinajstić information content (AvgIpc) is 2.42. The van der Waals surface area contributed by atoms with Crippen LogP contribution in [0.3, 0.4) is 0 Å². The summed E-state index contributed by atoms with van der Waals surface area (Å²) in [5.74, 6) is -0.257. The lowest BCUT2D eigenvalue weighted by Crippen LogP contribution is -2.24. The van der Waals surface area contributed by atoms with Crippen molar-refractivity contribution in [2.24, 2.45) is 5.73 Å². The van der Waals surface area contributed by atoms with Gasteiger partial charge in [0, 0.05) is 18.0 Å². The lowest BCUT2D eigenvalue weighted by molar-refractivity contribution is 0.161. The van der Waals surface area contributed by atoms with Crippen molar-refractivity contribution in [2.75, 3.05) is 0 Å². The van der Waals surface area contributed by atoms with Crippen molar-refractivity contribution >= 4 is 0 Å². The second kappa shape index (κ2) is 4.80. The van der Waals surface area contributed by atoms with Crippen LogP contribution < -0.4 is 10.5 Å². The van der Waals surface area contributed by atoms with Gasteiger partial charge in [-0.3, -0.25) is 0 Å². The quantitative estimate of drug-likeness (QED) is 0.837. The van der Waals surface area contributed by atoms with E-state index in [1.165, 1.54) is 12.1 Å². The number of hydrogen-bond donors (Lipinski definition) is 2. The summed E-state index contributed by atoms with van der Waals surface area (Å²) in [6.07, 6.45) is 0.288. The molecule has 1 heterocycles. The second-order valence-electron chi connectivity index (χ2n) is 5.20. The van der Waals surface area contributed by atoms with Crippen molar-refractivity contribution in [1.82, 2.24) is 0 Å². The van der Waals surface area contributed by atoms with Gasteiger partial charge >= 0.3 is 0 Å². The Labute approximate surface area is 116 Å². The van der Waals surface area contributed by atoms with E-state index in [0.717, 1.165) is 16.9 Å². The highest BCUT2D eigenvalue weighted by molar-refractivity contribution is 5.42. The smallest absolute Gasteiger partial charge is 0.165 e. The minimum atomic E-state index is -0.644. The highest BCUT2D eigenvalue weighted by Gasteiger charge is 2.27. The summed E-state index contributed by atoms with van der Waals surface area (Å²) in [4.78, 5) is 0. The number of halogens is 1. The van der Waals surface area contributed by atoms with Crippen LogP contribution in [0.2, 0.25) is 0 Å². The zero-order chi connectivity index (χ0) is 14.3. The van der Waals surface area contributed by atoms with Crippen molar-refractivity contribution in [3.63, 3.8) is 0 Å². The molecule has 3 nitrogen and oxygen atoms in total. The van der Waals surface area contributed by atoms with Crippen molar-refractivity contribution in [1.29, 1.82) is 0 Å². The summed E-state index contributed by atoms with van der Waals surface area (Å²) in [6, 6.07) is 10.0. The zero-order valence-corrected chi connectivity index (χ0v) is 11.1. The maximum absolute atomic E-state index is 13.4. The van der Waals surface area contributed by atoms with Crippen LogP contribution in [-0.4, -0.2) is 5.11 Å². The number of rotatable bonds is 1. The van der Waals surface area contributed by atoms with E-state index in [0.29, 0.717) is 12.0 Å². The molecule has 104 valence electrons. The largest absolute Gasteiger partial charge is 0.505 e. The summed E-state index contributed by atoms with van der Waals surface area (Å²) < 4.78 is 19.4. The van der Waals surface area contributed by atoms with E-state index in [2.05, 4.69) is 0 Å². The van der Waals surface area contributed by atoms with Gasteiger partial charge in [-0.15, -0.1) is 0 Å². The number of ether oxygens (including phenoxy) is 1. The Morgan fingerprint density at radius 2 is 2.05 bits per heavy atom. The van der Waals surface area contributed by atoms with Crippen LogP contribution in [0, 0.1) is 12.7 Å². The summed E-state index contributed by atoms with van der Waals surface area (Å²) in [5, 5.41) is 9.24. The average molecular weight is 273 g/mol. The topological polar surface area (TPSA) is 55.5 Å². The van der Waals surface area contributed by atoms with E-state index in [9.17, 15) is 9.50 Å². The minimum Gasteiger partial charge on any atom is -0.505 e. The predicted octanol–water partition coefficient (Wildman–Crippen LogP) is 3.36. The fourth-order valence-electron chi connectivity index (χ4n) is 2.55. The van der Waals surface area contributed by atoms with Crippen LogP contribution in [0.1, 0.15) is 35.3 Å². The number of nitrogens with two attached hydrogens (primary N) is 1. The van der Waals surface area contributed by atoms with Crippen LogP contribution >= 0.6 is 0 Å². The molecule has 0 amide bonds. The molecule has 2 atom stereocenters. The Morgan fingerprint density at radius 1 is 1.25 bits per heavy atom. The molecule has 0 aliphatic carbocycles. The van der Waals surface area contributed by atoms with Gasteiger partial charge in [-0.1, -0.05) is 23.8 Å². The first-order chi connectivity index (χ1) is 9.54. The fraction of sp³-hybridized carbons (Fsp3) is 0.250. The van der Waals surface area contributed by atoms with Crippen LogP contribution in [0.5, 0.6) is 11.5 Å². The van der Waals surface area contributed by atoms with Gasteiger partial charge < -0.3 is 15.6 Å². The fourth-order valence-corrected chi connectivity index (χ4v) is 2.55. The van der Waals surface area contributed by atoms with Gasteiger partial charge in [0.15, 0.2) is 11.6 Å². The molecule has 1 aliphatic rings. The van der Waals surface area contributed by atoms with Gasteiger partial charge in [0.05, 0.1) is 0 Å². The zero-order valence-electron chi connectivity index (χ0n) is 11.1. The summed E-state index contributed by atoms with van der Waals surface area (Å²) >= 11 is 0. The van der Waals surface area contributed by atoms with Crippen molar-refractivity contribution < 1.29 is 14.2 Å². The van der Waals surface area contributed by atoms with Crippen LogP contribution in [0.25, 0.3) is 0 Å². The normalized spacial score (nSPS) is 21.1. The van der Waals surface area contributed by atoms with E-state index in [1.54, 1.807) is 6.07 Å². The highest BCUT2D eigenvalue weighted by atomic mass is 19.1. The van der Waals surface area contributed by atoms with Crippen molar-refractivity contribution in [3.05, 3.63) is 58.9 Å². The van der Waals surface area contributed by atoms with Gasteiger partial charge in [-0.05, 0) is 30.7 Å². The first-order valence-corrected chi connectivity index (χ1v) is 6.56. The molecule has 3 rings (SSSR count).